The summed E-state index contributed by atoms with van der Waals surface area (Å²) in [6, 6.07) is 13.9. The molecule has 1 heterocycles. The molecule has 0 unspecified atom stereocenters. The van der Waals surface area contributed by atoms with Gasteiger partial charge in [0.1, 0.15) is 5.75 Å². The fourth-order valence-electron chi connectivity index (χ4n) is 2.28. The summed E-state index contributed by atoms with van der Waals surface area (Å²) in [6.45, 7) is 0. The average molecular weight is 314 g/mol. The molecule has 0 amide bonds. The van der Waals surface area contributed by atoms with Crippen LogP contribution in [0.25, 0.3) is 22.2 Å². The fraction of sp³-hybridized carbons (Fsp3) is 0.0588. The topological polar surface area (TPSA) is 59.4 Å². The summed E-state index contributed by atoms with van der Waals surface area (Å²) < 4.78 is 5.12. The molecule has 0 radical (unpaired) electrons. The third-order valence-corrected chi connectivity index (χ3v) is 3.62. The van der Waals surface area contributed by atoms with Gasteiger partial charge in [0.05, 0.1) is 23.9 Å². The Bertz CT molecular complexity index is 860. The standard InChI is InChI=1S/C17H12ClNO3/c1-22-12-5-2-10(3-6-12)16-9-14(17(20)21)13-8-11(18)4-7-15(13)19-16/h2-9H,1H3,(H,20,21). The lowest BCUT2D eigenvalue weighted by Gasteiger charge is -2.08. The number of methoxy groups -OCH3 is 1. The number of nitrogens with zero attached hydrogens (tertiary/aromatic N) is 1. The average Bonchev–Trinajstić information content (AvgIpc) is 2.53. The van der Waals surface area contributed by atoms with Crippen molar-refractivity contribution in [3.05, 3.63) is 59.1 Å². The molecular weight excluding hydrogens is 302 g/mol. The van der Waals surface area contributed by atoms with Gasteiger partial charge in [-0.2, -0.15) is 0 Å². The fourth-order valence-corrected chi connectivity index (χ4v) is 2.46. The summed E-state index contributed by atoms with van der Waals surface area (Å²) in [5.74, 6) is -0.279. The predicted octanol–water partition coefficient (Wildman–Crippen LogP) is 4.26. The van der Waals surface area contributed by atoms with Crippen molar-refractivity contribution in [2.75, 3.05) is 7.11 Å². The van der Waals surface area contributed by atoms with Crippen LogP contribution in [0.4, 0.5) is 0 Å². The Morgan fingerprint density at radius 3 is 2.50 bits per heavy atom. The summed E-state index contributed by atoms with van der Waals surface area (Å²) in [7, 11) is 1.59. The number of carboxylic acids is 1. The first-order chi connectivity index (χ1) is 10.6. The number of aromatic nitrogens is 1. The van der Waals surface area contributed by atoms with Crippen molar-refractivity contribution in [3.63, 3.8) is 0 Å². The molecule has 0 saturated heterocycles. The number of carboxylic acid groups (broad SMARTS) is 1. The molecule has 0 atom stereocenters. The number of aromatic carboxylic acids is 1. The van der Waals surface area contributed by atoms with Crippen LogP contribution in [0.2, 0.25) is 5.02 Å². The van der Waals surface area contributed by atoms with Crippen LogP contribution in [0.1, 0.15) is 10.4 Å². The van der Waals surface area contributed by atoms with E-state index in [1.54, 1.807) is 31.4 Å². The molecule has 0 aliphatic heterocycles. The van der Waals surface area contributed by atoms with E-state index in [1.165, 1.54) is 0 Å². The lowest BCUT2D eigenvalue weighted by molar-refractivity contribution is 0.0699. The number of rotatable bonds is 3. The number of carbonyl (C=O) groups is 1. The van der Waals surface area contributed by atoms with Gasteiger partial charge in [-0.1, -0.05) is 11.6 Å². The maximum Gasteiger partial charge on any atom is 0.336 e. The molecule has 3 rings (SSSR count). The van der Waals surface area contributed by atoms with Crippen LogP contribution in [0.15, 0.2) is 48.5 Å². The van der Waals surface area contributed by atoms with E-state index in [0.29, 0.717) is 21.6 Å². The number of pyridine rings is 1. The highest BCUT2D eigenvalue weighted by Gasteiger charge is 2.13. The van der Waals surface area contributed by atoms with E-state index in [1.807, 2.05) is 24.3 Å². The van der Waals surface area contributed by atoms with Crippen molar-refractivity contribution in [3.8, 4) is 17.0 Å². The number of hydrogen-bond donors (Lipinski definition) is 1. The summed E-state index contributed by atoms with van der Waals surface area (Å²) in [4.78, 5) is 16.0. The van der Waals surface area contributed by atoms with Gasteiger partial charge in [0.15, 0.2) is 0 Å². The van der Waals surface area contributed by atoms with E-state index < -0.39 is 5.97 Å². The first-order valence-corrected chi connectivity index (χ1v) is 6.94. The molecule has 0 spiro atoms. The third kappa shape index (κ3) is 2.61. The van der Waals surface area contributed by atoms with Crippen LogP contribution in [-0.4, -0.2) is 23.2 Å². The molecule has 3 aromatic rings. The SMILES string of the molecule is COc1ccc(-c2cc(C(=O)O)c3cc(Cl)ccc3n2)cc1. The number of halogens is 1. The van der Waals surface area contributed by atoms with Crippen molar-refractivity contribution in [2.45, 2.75) is 0 Å². The van der Waals surface area contributed by atoms with Gasteiger partial charge in [0.25, 0.3) is 0 Å². The van der Waals surface area contributed by atoms with Crippen LogP contribution >= 0.6 is 11.6 Å². The van der Waals surface area contributed by atoms with Crippen molar-refractivity contribution >= 4 is 28.5 Å². The molecule has 0 aliphatic carbocycles. The first-order valence-electron chi connectivity index (χ1n) is 6.56. The molecule has 2 aromatic carbocycles. The molecule has 1 N–H and O–H groups in total. The molecule has 0 saturated carbocycles. The molecule has 1 aromatic heterocycles. The lowest BCUT2D eigenvalue weighted by Crippen LogP contribution is -2.00. The van der Waals surface area contributed by atoms with Gasteiger partial charge in [-0.15, -0.1) is 0 Å². The van der Waals surface area contributed by atoms with Crippen LogP contribution in [0, 0.1) is 0 Å². The van der Waals surface area contributed by atoms with E-state index in [4.69, 9.17) is 16.3 Å². The first kappa shape index (κ1) is 14.4. The Balaban J connectivity index is 2.21. The zero-order valence-corrected chi connectivity index (χ0v) is 12.5. The minimum absolute atomic E-state index is 0.179. The Labute approximate surface area is 131 Å². The second-order valence-corrected chi connectivity index (χ2v) is 5.19. The highest BCUT2D eigenvalue weighted by atomic mass is 35.5. The molecule has 0 bridgehead atoms. The van der Waals surface area contributed by atoms with Crippen molar-refractivity contribution in [2.24, 2.45) is 0 Å². The largest absolute Gasteiger partial charge is 0.497 e. The molecule has 110 valence electrons. The summed E-state index contributed by atoms with van der Waals surface area (Å²) >= 11 is 5.95. The van der Waals surface area contributed by atoms with Gasteiger partial charge < -0.3 is 9.84 Å². The minimum Gasteiger partial charge on any atom is -0.497 e. The van der Waals surface area contributed by atoms with Gasteiger partial charge in [-0.25, -0.2) is 9.78 Å². The number of hydrogen-bond acceptors (Lipinski definition) is 3. The van der Waals surface area contributed by atoms with E-state index in [9.17, 15) is 9.90 Å². The molecule has 4 nitrogen and oxygen atoms in total. The highest BCUT2D eigenvalue weighted by Crippen LogP contribution is 2.28. The third-order valence-electron chi connectivity index (χ3n) is 3.39. The highest BCUT2D eigenvalue weighted by molar-refractivity contribution is 6.31. The molecule has 0 aliphatic rings. The Morgan fingerprint density at radius 1 is 1.14 bits per heavy atom. The maximum atomic E-state index is 11.5. The quantitative estimate of drug-likeness (QED) is 0.784. The second-order valence-electron chi connectivity index (χ2n) is 4.75. The molecule has 22 heavy (non-hydrogen) atoms. The second kappa shape index (κ2) is 5.66. The normalized spacial score (nSPS) is 10.6. The molecule has 5 heteroatoms. The summed E-state index contributed by atoms with van der Waals surface area (Å²) in [6.07, 6.45) is 0. The number of benzene rings is 2. The van der Waals surface area contributed by atoms with E-state index in [-0.39, 0.29) is 5.56 Å². The van der Waals surface area contributed by atoms with Gasteiger partial charge in [0, 0.05) is 16.0 Å². The van der Waals surface area contributed by atoms with Crippen molar-refractivity contribution in [1.29, 1.82) is 0 Å². The molecule has 0 fully saturated rings. The summed E-state index contributed by atoms with van der Waals surface area (Å²) in [5.41, 5.74) is 2.18. The van der Waals surface area contributed by atoms with Gasteiger partial charge >= 0.3 is 5.97 Å². The Morgan fingerprint density at radius 2 is 1.86 bits per heavy atom. The van der Waals surface area contributed by atoms with Gasteiger partial charge in [0.2, 0.25) is 0 Å². The van der Waals surface area contributed by atoms with E-state index in [0.717, 1.165) is 11.3 Å². The monoisotopic (exact) mass is 313 g/mol. The zero-order valence-electron chi connectivity index (χ0n) is 11.7. The van der Waals surface area contributed by atoms with Crippen molar-refractivity contribution in [1.82, 2.24) is 4.98 Å². The smallest absolute Gasteiger partial charge is 0.336 e. The Kier molecular flexibility index (Phi) is 3.69. The number of fused-ring (bicyclic) bond motifs is 1. The van der Waals surface area contributed by atoms with Gasteiger partial charge in [-0.3, -0.25) is 0 Å². The van der Waals surface area contributed by atoms with Crippen LogP contribution < -0.4 is 4.74 Å². The summed E-state index contributed by atoms with van der Waals surface area (Å²) in [5, 5.41) is 10.4. The van der Waals surface area contributed by atoms with E-state index in [2.05, 4.69) is 4.98 Å². The lowest BCUT2D eigenvalue weighted by atomic mass is 10.0. The Hall–Kier alpha value is -2.59. The number of ether oxygens (including phenoxy) is 1. The minimum atomic E-state index is -1.01. The van der Waals surface area contributed by atoms with Gasteiger partial charge in [-0.05, 0) is 48.5 Å². The van der Waals surface area contributed by atoms with Crippen LogP contribution in [-0.2, 0) is 0 Å². The van der Waals surface area contributed by atoms with Crippen molar-refractivity contribution < 1.29 is 14.6 Å². The van der Waals surface area contributed by atoms with Crippen LogP contribution in [0.5, 0.6) is 5.75 Å². The van der Waals surface area contributed by atoms with E-state index >= 15 is 0 Å². The zero-order chi connectivity index (χ0) is 15.7. The molecular formula is C17H12ClNO3. The van der Waals surface area contributed by atoms with Crippen LogP contribution in [0.3, 0.4) is 0 Å². The predicted molar refractivity (Wildman–Crippen MR) is 85.7 cm³/mol. The maximum absolute atomic E-state index is 11.5.